The molecule has 7 nitrogen and oxygen atoms in total. The molecule has 0 aliphatic rings. The average Bonchev–Trinajstić information content (AvgIpc) is 2.74. The highest BCUT2D eigenvalue weighted by Crippen LogP contribution is 2.32. The Balaban J connectivity index is 2.42. The molecule has 0 aliphatic carbocycles. The Morgan fingerprint density at radius 2 is 1.73 bits per heavy atom. The fraction of sp³-hybridized carbons (Fsp3) is 0.333. The summed E-state index contributed by atoms with van der Waals surface area (Å²) < 4.78 is 65.6. The molecule has 0 saturated heterocycles. The van der Waals surface area contributed by atoms with Crippen LogP contribution in [0.2, 0.25) is 0 Å². The lowest BCUT2D eigenvalue weighted by molar-refractivity contribution is -0.139. The summed E-state index contributed by atoms with van der Waals surface area (Å²) in [6, 6.07) is 9.67. The number of halogens is 4. The predicted octanol–water partition coefficient (Wildman–Crippen LogP) is 3.40. The number of amides is 2. The molecule has 33 heavy (non-hydrogen) atoms. The first kappa shape index (κ1) is 26.7. The van der Waals surface area contributed by atoms with E-state index in [1.807, 2.05) is 0 Å². The Labute approximate surface area is 198 Å². The van der Waals surface area contributed by atoms with Crippen molar-refractivity contribution in [3.63, 3.8) is 0 Å². The van der Waals surface area contributed by atoms with E-state index in [0.717, 1.165) is 22.9 Å². The zero-order valence-electron chi connectivity index (χ0n) is 18.1. The smallest absolute Gasteiger partial charge is 0.357 e. The highest BCUT2D eigenvalue weighted by atomic mass is 79.9. The van der Waals surface area contributed by atoms with Crippen LogP contribution in [0.15, 0.2) is 53.0 Å². The Bertz CT molecular complexity index is 1110. The Hall–Kier alpha value is -2.60. The standard InChI is InChI=1S/C21H23BrF3N3O4S/c1-14(20(30)26-2)27(12-15-7-9-17(22)10-8-15)19(29)13-28(33(3,31)32)18-6-4-5-16(11-18)21(23,24)25/h4-11,14H,12-13H2,1-3H3,(H,26,30). The average molecular weight is 550 g/mol. The van der Waals surface area contributed by atoms with E-state index < -0.39 is 46.2 Å². The molecule has 2 aromatic carbocycles. The van der Waals surface area contributed by atoms with Gasteiger partial charge in [-0.2, -0.15) is 13.2 Å². The third-order valence-electron chi connectivity index (χ3n) is 4.82. The number of anilines is 1. The number of carbonyl (C=O) groups is 2. The number of alkyl halides is 3. The number of hydrogen-bond acceptors (Lipinski definition) is 4. The molecule has 1 atom stereocenters. The number of sulfonamides is 1. The number of likely N-dealkylation sites (N-methyl/N-ethyl adjacent to an activating group) is 1. The minimum atomic E-state index is -4.69. The highest BCUT2D eigenvalue weighted by molar-refractivity contribution is 9.10. The summed E-state index contributed by atoms with van der Waals surface area (Å²) in [6.45, 7) is 0.684. The largest absolute Gasteiger partial charge is 0.416 e. The summed E-state index contributed by atoms with van der Waals surface area (Å²) in [5.74, 6) is -1.23. The molecule has 0 bridgehead atoms. The quantitative estimate of drug-likeness (QED) is 0.546. The minimum absolute atomic E-state index is 0.0130. The van der Waals surface area contributed by atoms with Crippen molar-refractivity contribution < 1.29 is 31.2 Å². The first-order valence-corrected chi connectivity index (χ1v) is 12.3. The van der Waals surface area contributed by atoms with Crippen molar-refractivity contribution in [2.45, 2.75) is 25.7 Å². The summed E-state index contributed by atoms with van der Waals surface area (Å²) in [5.41, 5.74) is -0.685. The second-order valence-electron chi connectivity index (χ2n) is 7.26. The van der Waals surface area contributed by atoms with Gasteiger partial charge in [-0.15, -0.1) is 0 Å². The zero-order valence-corrected chi connectivity index (χ0v) is 20.5. The summed E-state index contributed by atoms with van der Waals surface area (Å²) in [5, 5.41) is 2.44. The molecule has 0 spiro atoms. The van der Waals surface area contributed by atoms with Crippen molar-refractivity contribution in [2.24, 2.45) is 0 Å². The second kappa shape index (κ2) is 10.6. The number of rotatable bonds is 8. The number of nitrogens with zero attached hydrogens (tertiary/aromatic N) is 2. The van der Waals surface area contributed by atoms with Gasteiger partial charge < -0.3 is 10.2 Å². The van der Waals surface area contributed by atoms with Crippen molar-refractivity contribution >= 4 is 43.5 Å². The molecule has 0 aromatic heterocycles. The normalized spacial score (nSPS) is 12.7. The predicted molar refractivity (Wildman–Crippen MR) is 122 cm³/mol. The lowest BCUT2D eigenvalue weighted by atomic mass is 10.1. The minimum Gasteiger partial charge on any atom is -0.357 e. The van der Waals surface area contributed by atoms with Crippen LogP contribution >= 0.6 is 15.9 Å². The maximum atomic E-state index is 13.2. The van der Waals surface area contributed by atoms with E-state index in [-0.39, 0.29) is 12.2 Å². The maximum Gasteiger partial charge on any atom is 0.416 e. The molecule has 180 valence electrons. The van der Waals surface area contributed by atoms with Crippen molar-refractivity contribution in [3.05, 3.63) is 64.1 Å². The van der Waals surface area contributed by atoms with Gasteiger partial charge in [0.05, 0.1) is 17.5 Å². The van der Waals surface area contributed by atoms with Crippen LogP contribution in [0, 0.1) is 0 Å². The second-order valence-corrected chi connectivity index (χ2v) is 10.1. The Kier molecular flexibility index (Phi) is 8.52. The van der Waals surface area contributed by atoms with Gasteiger partial charge in [-0.3, -0.25) is 13.9 Å². The van der Waals surface area contributed by atoms with E-state index in [4.69, 9.17) is 0 Å². The number of hydrogen-bond donors (Lipinski definition) is 1. The van der Waals surface area contributed by atoms with Gasteiger partial charge in [-0.05, 0) is 42.8 Å². The summed E-state index contributed by atoms with van der Waals surface area (Å²) >= 11 is 3.31. The van der Waals surface area contributed by atoms with Gasteiger partial charge in [0.25, 0.3) is 0 Å². The molecule has 0 saturated carbocycles. The molecule has 0 radical (unpaired) electrons. The maximum absolute atomic E-state index is 13.2. The van der Waals surface area contributed by atoms with Crippen LogP contribution in [-0.4, -0.2) is 51.0 Å². The van der Waals surface area contributed by atoms with E-state index in [1.165, 1.54) is 24.9 Å². The number of nitrogens with one attached hydrogen (secondary N) is 1. The van der Waals surface area contributed by atoms with E-state index in [0.29, 0.717) is 15.9 Å². The fourth-order valence-corrected chi connectivity index (χ4v) is 4.13. The molecule has 2 amide bonds. The first-order valence-electron chi connectivity index (χ1n) is 9.64. The van der Waals surface area contributed by atoms with Crippen LogP contribution in [0.5, 0.6) is 0 Å². The Morgan fingerprint density at radius 3 is 2.24 bits per heavy atom. The van der Waals surface area contributed by atoms with Gasteiger partial charge in [0.1, 0.15) is 12.6 Å². The van der Waals surface area contributed by atoms with Crippen LogP contribution in [0.1, 0.15) is 18.1 Å². The third-order valence-corrected chi connectivity index (χ3v) is 6.49. The number of carbonyl (C=O) groups excluding carboxylic acids is 2. The molecule has 1 N–H and O–H groups in total. The SMILES string of the molecule is CNC(=O)C(C)N(Cc1ccc(Br)cc1)C(=O)CN(c1cccc(C(F)(F)F)c1)S(C)(=O)=O. The molecule has 0 fully saturated rings. The lowest BCUT2D eigenvalue weighted by Gasteiger charge is -2.31. The first-order chi connectivity index (χ1) is 15.2. The van der Waals surface area contributed by atoms with Crippen molar-refractivity contribution in [1.82, 2.24) is 10.2 Å². The van der Waals surface area contributed by atoms with Crippen LogP contribution in [-0.2, 0) is 32.3 Å². The highest BCUT2D eigenvalue weighted by Gasteiger charge is 2.33. The van der Waals surface area contributed by atoms with Gasteiger partial charge in [0.2, 0.25) is 21.8 Å². The van der Waals surface area contributed by atoms with Crippen LogP contribution in [0.25, 0.3) is 0 Å². The van der Waals surface area contributed by atoms with Crippen LogP contribution < -0.4 is 9.62 Å². The third kappa shape index (κ3) is 7.19. The molecule has 2 rings (SSSR count). The van der Waals surface area contributed by atoms with E-state index >= 15 is 0 Å². The van der Waals surface area contributed by atoms with Gasteiger partial charge in [-0.25, -0.2) is 8.42 Å². The van der Waals surface area contributed by atoms with E-state index in [2.05, 4.69) is 21.2 Å². The topological polar surface area (TPSA) is 86.8 Å². The molecule has 0 heterocycles. The van der Waals surface area contributed by atoms with Gasteiger partial charge in [-0.1, -0.05) is 34.1 Å². The van der Waals surface area contributed by atoms with E-state index in [1.54, 1.807) is 24.3 Å². The van der Waals surface area contributed by atoms with Crippen molar-refractivity contribution in [2.75, 3.05) is 24.2 Å². The molecule has 0 aliphatic heterocycles. The fourth-order valence-electron chi connectivity index (χ4n) is 3.03. The summed E-state index contributed by atoms with van der Waals surface area (Å²) in [4.78, 5) is 26.6. The Morgan fingerprint density at radius 1 is 1.12 bits per heavy atom. The van der Waals surface area contributed by atoms with Crippen LogP contribution in [0.4, 0.5) is 18.9 Å². The van der Waals surface area contributed by atoms with Gasteiger partial charge >= 0.3 is 6.18 Å². The molecule has 2 aromatic rings. The van der Waals surface area contributed by atoms with Gasteiger partial charge in [0.15, 0.2) is 0 Å². The lowest BCUT2D eigenvalue weighted by Crippen LogP contribution is -2.50. The summed E-state index contributed by atoms with van der Waals surface area (Å²) in [7, 11) is -2.73. The zero-order chi connectivity index (χ0) is 25.0. The van der Waals surface area contributed by atoms with Crippen molar-refractivity contribution in [1.29, 1.82) is 0 Å². The molecular weight excluding hydrogens is 527 g/mol. The molecule has 1 unspecified atom stereocenters. The monoisotopic (exact) mass is 549 g/mol. The van der Waals surface area contributed by atoms with E-state index in [9.17, 15) is 31.2 Å². The molecular formula is C21H23BrF3N3O4S. The summed E-state index contributed by atoms with van der Waals surface area (Å²) in [6.07, 6.45) is -3.90. The van der Waals surface area contributed by atoms with Crippen LogP contribution in [0.3, 0.4) is 0 Å². The number of benzene rings is 2. The van der Waals surface area contributed by atoms with Gasteiger partial charge in [0, 0.05) is 18.1 Å². The molecule has 12 heteroatoms. The van der Waals surface area contributed by atoms with Crippen molar-refractivity contribution in [3.8, 4) is 0 Å².